The van der Waals surface area contributed by atoms with Crippen LogP contribution in [0.1, 0.15) is 104 Å². The molecule has 5 aliphatic carbocycles. The van der Waals surface area contributed by atoms with E-state index in [2.05, 4.69) is 49.3 Å². The smallest absolute Gasteiger partial charge is 0.253 e. The summed E-state index contributed by atoms with van der Waals surface area (Å²) in [6.07, 6.45) is 11.5. The molecule has 2 N–H and O–H groups in total. The van der Waals surface area contributed by atoms with Gasteiger partial charge < -0.3 is 10.4 Å². The van der Waals surface area contributed by atoms with Crippen LogP contribution in [0.25, 0.3) is 0 Å². The first kappa shape index (κ1) is 29.9. The number of allylic oxidation sites excluding steroid dienone is 3. The molecule has 5 aliphatic rings. The van der Waals surface area contributed by atoms with Crippen LogP contribution in [0.4, 0.5) is 0 Å². The number of rotatable bonds is 2. The normalized spacial score (nSPS) is 44.8. The zero-order valence-corrected chi connectivity index (χ0v) is 26.5. The molecule has 0 spiro atoms. The number of Topliss-reactive ketones (excluding diaryl/α,β-unsaturated/α-hetero) is 1. The first-order valence-corrected chi connectivity index (χ1v) is 15.7. The molecule has 0 unspecified atom stereocenters. The highest BCUT2D eigenvalue weighted by molar-refractivity contribution is 6.05. The molecule has 3 fully saturated rings. The summed E-state index contributed by atoms with van der Waals surface area (Å²) in [5, 5.41) is 33.8. The van der Waals surface area contributed by atoms with Crippen molar-refractivity contribution in [2.24, 2.45) is 38.9 Å². The minimum absolute atomic E-state index is 0.0590. The topological polar surface area (TPSA) is 133 Å². The Hall–Kier alpha value is -3.18. The zero-order valence-electron chi connectivity index (χ0n) is 26.5. The van der Waals surface area contributed by atoms with Crippen molar-refractivity contribution in [3.63, 3.8) is 0 Å². The van der Waals surface area contributed by atoms with Gasteiger partial charge >= 0.3 is 0 Å². The number of carbonyl (C=O) groups is 3. The van der Waals surface area contributed by atoms with Crippen LogP contribution in [0.3, 0.4) is 0 Å². The average molecular weight is 585 g/mol. The van der Waals surface area contributed by atoms with Gasteiger partial charge in [0.1, 0.15) is 11.7 Å². The van der Waals surface area contributed by atoms with Crippen molar-refractivity contribution in [3.05, 3.63) is 47.3 Å². The highest BCUT2D eigenvalue weighted by Crippen LogP contribution is 2.75. The summed E-state index contributed by atoms with van der Waals surface area (Å²) in [4.78, 5) is 41.1. The van der Waals surface area contributed by atoms with Crippen LogP contribution >= 0.6 is 0 Å². The minimum atomic E-state index is -1.63. The number of hydrogen-bond acceptors (Lipinski definition) is 7. The Morgan fingerprint density at radius 3 is 2.35 bits per heavy atom. The second-order valence-corrected chi connectivity index (χ2v) is 16.0. The van der Waals surface area contributed by atoms with E-state index in [0.29, 0.717) is 18.4 Å². The molecule has 0 bridgehead atoms. The van der Waals surface area contributed by atoms with Gasteiger partial charge in [-0.25, -0.2) is 0 Å². The number of nitriles is 1. The highest BCUT2D eigenvalue weighted by atomic mass is 16.3. The third-order valence-electron chi connectivity index (χ3n) is 13.5. The number of aliphatic hydroxyl groups is 1. The van der Waals surface area contributed by atoms with E-state index in [4.69, 9.17) is 0 Å². The van der Waals surface area contributed by atoms with Gasteiger partial charge in [-0.2, -0.15) is 15.5 Å². The number of carbonyl (C=O) groups excluding carboxylic acids is 3. The van der Waals surface area contributed by atoms with E-state index in [1.807, 2.05) is 26.8 Å². The molecule has 1 heterocycles. The van der Waals surface area contributed by atoms with E-state index in [1.54, 1.807) is 12.1 Å². The van der Waals surface area contributed by atoms with Gasteiger partial charge in [-0.3, -0.25) is 14.4 Å². The Labute approximate surface area is 254 Å². The summed E-state index contributed by atoms with van der Waals surface area (Å²) in [5.74, 6) is -1.08. The van der Waals surface area contributed by atoms with Crippen LogP contribution in [0, 0.1) is 50.2 Å². The molecule has 3 saturated carbocycles. The standard InChI is InChI=1S/C35H44N4O4/c1-29(2)23-8-10-33(6)24(32(23,5)17-22(19-36)27(29)41)16-26(40)35(43)25-18-31(4,39-28(42)21-9-15-37-38-20-21)13-11-30(25,3)12-14-34(33,35)7/h9,15-17,20,23,25,43H,8,10-14,18H2,1-7H3,(H,39,42)/t23-,25+,30+,31-,32-,33+,34-,35+/m0/s1. The predicted octanol–water partition coefficient (Wildman–Crippen LogP) is 5.29. The van der Waals surface area contributed by atoms with Gasteiger partial charge in [0.05, 0.1) is 23.5 Å². The van der Waals surface area contributed by atoms with E-state index in [9.17, 15) is 24.8 Å². The fourth-order valence-electron chi connectivity index (χ4n) is 10.6. The summed E-state index contributed by atoms with van der Waals surface area (Å²) in [5.41, 5.74) is -3.69. The van der Waals surface area contributed by atoms with Gasteiger partial charge in [0.25, 0.3) is 5.91 Å². The fraction of sp³-hybridized carbons (Fsp3) is 0.657. The van der Waals surface area contributed by atoms with Gasteiger partial charge in [0.15, 0.2) is 11.6 Å². The molecule has 6 rings (SSSR count). The van der Waals surface area contributed by atoms with E-state index >= 15 is 0 Å². The van der Waals surface area contributed by atoms with E-state index in [-0.39, 0.29) is 40.3 Å². The molecule has 0 saturated heterocycles. The first-order chi connectivity index (χ1) is 19.9. The van der Waals surface area contributed by atoms with Crippen molar-refractivity contribution >= 4 is 17.5 Å². The van der Waals surface area contributed by atoms with Crippen LogP contribution in [0.2, 0.25) is 0 Å². The van der Waals surface area contributed by atoms with Gasteiger partial charge in [-0.15, -0.1) is 0 Å². The molecule has 8 atom stereocenters. The molecule has 8 heteroatoms. The van der Waals surface area contributed by atoms with Crippen LogP contribution in [-0.4, -0.2) is 43.9 Å². The maximum absolute atomic E-state index is 14.6. The summed E-state index contributed by atoms with van der Waals surface area (Å²) < 4.78 is 0. The maximum atomic E-state index is 14.6. The summed E-state index contributed by atoms with van der Waals surface area (Å²) in [6, 6.07) is 3.78. The number of fused-ring (bicyclic) bond motifs is 7. The van der Waals surface area contributed by atoms with Crippen LogP contribution < -0.4 is 5.32 Å². The molecular weight excluding hydrogens is 540 g/mol. The minimum Gasteiger partial charge on any atom is -0.381 e. The van der Waals surface area contributed by atoms with Crippen molar-refractivity contribution in [1.82, 2.24) is 15.5 Å². The highest BCUT2D eigenvalue weighted by Gasteiger charge is 2.75. The quantitative estimate of drug-likeness (QED) is 0.482. The zero-order chi connectivity index (χ0) is 31.4. The second kappa shape index (κ2) is 8.94. The molecule has 1 aromatic heterocycles. The molecule has 0 aromatic carbocycles. The number of ketones is 2. The first-order valence-electron chi connectivity index (χ1n) is 15.7. The van der Waals surface area contributed by atoms with Gasteiger partial charge in [0.2, 0.25) is 0 Å². The molecular formula is C35H44N4O4. The van der Waals surface area contributed by atoms with Crippen molar-refractivity contribution in [1.29, 1.82) is 5.26 Å². The molecule has 43 heavy (non-hydrogen) atoms. The van der Waals surface area contributed by atoms with Crippen LogP contribution in [0.5, 0.6) is 0 Å². The molecule has 0 radical (unpaired) electrons. The molecule has 228 valence electrons. The second-order valence-electron chi connectivity index (χ2n) is 16.0. The van der Waals surface area contributed by atoms with Crippen molar-refractivity contribution in [2.75, 3.05) is 0 Å². The lowest BCUT2D eigenvalue weighted by Gasteiger charge is -2.71. The van der Waals surface area contributed by atoms with Crippen LogP contribution in [0.15, 0.2) is 41.8 Å². The number of hydrogen-bond donors (Lipinski definition) is 2. The SMILES string of the molecule is CC1(C)C(=O)C(C#N)=C[C@]2(C)C3=CC(=O)[C@]4(O)[C@@H]5C[C@@](C)(NC(=O)c6ccnnc6)CC[C@]5(C)CC[C@@]4(C)[C@]3(C)CC[C@@H]12. The number of amides is 1. The Morgan fingerprint density at radius 1 is 1.00 bits per heavy atom. The number of aromatic nitrogens is 2. The Kier molecular flexibility index (Phi) is 6.21. The Balaban J connectivity index is 1.45. The van der Waals surface area contributed by atoms with Gasteiger partial charge in [-0.1, -0.05) is 47.6 Å². The maximum Gasteiger partial charge on any atom is 0.253 e. The summed E-state index contributed by atoms with van der Waals surface area (Å²) in [6.45, 7) is 14.5. The summed E-state index contributed by atoms with van der Waals surface area (Å²) in [7, 11) is 0. The molecule has 1 aromatic rings. The van der Waals surface area contributed by atoms with Crippen molar-refractivity contribution in [3.8, 4) is 6.07 Å². The van der Waals surface area contributed by atoms with Crippen LogP contribution in [-0.2, 0) is 9.59 Å². The molecule has 8 nitrogen and oxygen atoms in total. The third-order valence-corrected chi connectivity index (χ3v) is 13.5. The number of nitrogens with zero attached hydrogens (tertiary/aromatic N) is 3. The van der Waals surface area contributed by atoms with Gasteiger partial charge in [0, 0.05) is 27.7 Å². The fourth-order valence-corrected chi connectivity index (χ4v) is 10.6. The largest absolute Gasteiger partial charge is 0.381 e. The van der Waals surface area contributed by atoms with Gasteiger partial charge in [-0.05, 0) is 86.3 Å². The lowest BCUT2D eigenvalue weighted by Crippen LogP contribution is -2.74. The lowest BCUT2D eigenvalue weighted by atomic mass is 9.33. The van der Waals surface area contributed by atoms with Crippen molar-refractivity contribution < 1.29 is 19.5 Å². The third kappa shape index (κ3) is 3.67. The lowest BCUT2D eigenvalue weighted by molar-refractivity contribution is -0.240. The molecule has 0 aliphatic heterocycles. The summed E-state index contributed by atoms with van der Waals surface area (Å²) >= 11 is 0. The Bertz CT molecular complexity index is 1540. The average Bonchev–Trinajstić information content (AvgIpc) is 2.96. The Morgan fingerprint density at radius 2 is 1.70 bits per heavy atom. The monoisotopic (exact) mass is 584 g/mol. The van der Waals surface area contributed by atoms with E-state index in [1.165, 1.54) is 12.4 Å². The molecule has 1 amide bonds. The van der Waals surface area contributed by atoms with E-state index in [0.717, 1.165) is 37.7 Å². The number of nitrogens with one attached hydrogen (secondary N) is 1. The van der Waals surface area contributed by atoms with E-state index < -0.39 is 32.8 Å². The predicted molar refractivity (Wildman–Crippen MR) is 160 cm³/mol. The van der Waals surface area contributed by atoms with Crippen molar-refractivity contribution in [2.45, 2.75) is 105 Å².